The van der Waals surface area contributed by atoms with Crippen LogP contribution in [0.3, 0.4) is 0 Å². The normalized spacial score (nSPS) is 24.1. The molecule has 0 saturated carbocycles. The molecule has 3 heteroatoms. The number of likely N-dealkylation sites (tertiary alicyclic amines) is 1. The molecule has 0 amide bonds. The minimum atomic E-state index is 0.398. The molecule has 0 aliphatic carbocycles. The molecule has 1 fully saturated rings. The fraction of sp³-hybridized carbons (Fsp3) is 0.688. The van der Waals surface area contributed by atoms with Crippen molar-refractivity contribution in [3.63, 3.8) is 0 Å². The molecule has 1 aliphatic rings. The van der Waals surface area contributed by atoms with Gasteiger partial charge in [0, 0.05) is 31.0 Å². The first-order chi connectivity index (χ1) is 9.20. The molecule has 3 atom stereocenters. The van der Waals surface area contributed by atoms with Gasteiger partial charge in [0.15, 0.2) is 0 Å². The van der Waals surface area contributed by atoms with Gasteiger partial charge in [0.2, 0.25) is 0 Å². The van der Waals surface area contributed by atoms with E-state index in [2.05, 4.69) is 48.1 Å². The summed E-state index contributed by atoms with van der Waals surface area (Å²) in [4.78, 5) is 6.66. The second kappa shape index (κ2) is 7.01. The fourth-order valence-corrected chi connectivity index (χ4v) is 3.07. The summed E-state index contributed by atoms with van der Waals surface area (Å²) >= 11 is 0. The summed E-state index contributed by atoms with van der Waals surface area (Å²) in [5.74, 6) is 0.776. The zero-order chi connectivity index (χ0) is 13.7. The van der Waals surface area contributed by atoms with Gasteiger partial charge in [-0.1, -0.05) is 6.92 Å². The Kier molecular flexibility index (Phi) is 5.34. The Morgan fingerprint density at radius 3 is 2.79 bits per heavy atom. The van der Waals surface area contributed by atoms with E-state index in [0.29, 0.717) is 12.1 Å². The van der Waals surface area contributed by atoms with Crippen molar-refractivity contribution < 1.29 is 0 Å². The van der Waals surface area contributed by atoms with Crippen molar-refractivity contribution >= 4 is 0 Å². The summed E-state index contributed by atoms with van der Waals surface area (Å²) < 4.78 is 0. The van der Waals surface area contributed by atoms with Crippen LogP contribution in [0.2, 0.25) is 0 Å². The number of aromatic nitrogens is 1. The second-order valence-corrected chi connectivity index (χ2v) is 5.75. The third kappa shape index (κ3) is 4.02. The first-order valence-electron chi connectivity index (χ1n) is 7.59. The quantitative estimate of drug-likeness (QED) is 0.883. The largest absolute Gasteiger partial charge is 0.307 e. The van der Waals surface area contributed by atoms with Gasteiger partial charge >= 0.3 is 0 Å². The molecule has 1 saturated heterocycles. The van der Waals surface area contributed by atoms with Gasteiger partial charge in [-0.15, -0.1) is 0 Å². The molecule has 1 aromatic rings. The monoisotopic (exact) mass is 261 g/mol. The van der Waals surface area contributed by atoms with Crippen LogP contribution < -0.4 is 5.32 Å². The Bertz CT molecular complexity index is 366. The molecule has 19 heavy (non-hydrogen) atoms. The topological polar surface area (TPSA) is 28.2 Å². The molecule has 0 spiro atoms. The van der Waals surface area contributed by atoms with Crippen LogP contribution in [0.4, 0.5) is 0 Å². The van der Waals surface area contributed by atoms with E-state index >= 15 is 0 Å². The van der Waals surface area contributed by atoms with Gasteiger partial charge in [-0.2, -0.15) is 0 Å². The van der Waals surface area contributed by atoms with E-state index in [-0.39, 0.29) is 0 Å². The standard InChI is InChI=1S/C16H27N3/c1-4-19-11-5-6-16(12-19)14(3)18-13(2)15-7-9-17-10-8-15/h7-10,13-14,16,18H,4-6,11-12H2,1-3H3/t13-,14?,16?/m1/s1. The minimum absolute atomic E-state index is 0.398. The highest BCUT2D eigenvalue weighted by molar-refractivity contribution is 5.14. The van der Waals surface area contributed by atoms with Crippen molar-refractivity contribution in [3.8, 4) is 0 Å². The lowest BCUT2D eigenvalue weighted by molar-refractivity contribution is 0.153. The molecular weight excluding hydrogens is 234 g/mol. The maximum atomic E-state index is 4.08. The molecule has 2 rings (SSSR count). The van der Waals surface area contributed by atoms with Crippen LogP contribution in [0.1, 0.15) is 45.2 Å². The predicted molar refractivity (Wildman–Crippen MR) is 80.1 cm³/mol. The van der Waals surface area contributed by atoms with E-state index in [4.69, 9.17) is 0 Å². The van der Waals surface area contributed by atoms with E-state index in [9.17, 15) is 0 Å². The van der Waals surface area contributed by atoms with Crippen molar-refractivity contribution in [1.29, 1.82) is 0 Å². The van der Waals surface area contributed by atoms with Gasteiger partial charge in [0.1, 0.15) is 0 Å². The van der Waals surface area contributed by atoms with Crippen molar-refractivity contribution in [2.24, 2.45) is 5.92 Å². The number of hydrogen-bond donors (Lipinski definition) is 1. The van der Waals surface area contributed by atoms with E-state index < -0.39 is 0 Å². The number of nitrogens with one attached hydrogen (secondary N) is 1. The van der Waals surface area contributed by atoms with Gasteiger partial charge in [-0.05, 0) is 63.4 Å². The molecular formula is C16H27N3. The van der Waals surface area contributed by atoms with E-state index in [1.165, 1.54) is 38.0 Å². The number of nitrogens with zero attached hydrogens (tertiary/aromatic N) is 2. The van der Waals surface area contributed by atoms with Crippen LogP contribution in [0.25, 0.3) is 0 Å². The number of pyridine rings is 1. The number of hydrogen-bond acceptors (Lipinski definition) is 3. The smallest absolute Gasteiger partial charge is 0.0295 e. The predicted octanol–water partition coefficient (Wildman–Crippen LogP) is 2.85. The molecule has 1 aliphatic heterocycles. The minimum Gasteiger partial charge on any atom is -0.307 e. The van der Waals surface area contributed by atoms with Crippen molar-refractivity contribution in [3.05, 3.63) is 30.1 Å². The summed E-state index contributed by atoms with van der Waals surface area (Å²) in [6.07, 6.45) is 6.44. The first-order valence-corrected chi connectivity index (χ1v) is 7.59. The van der Waals surface area contributed by atoms with E-state index in [1.807, 2.05) is 12.4 Å². The Morgan fingerprint density at radius 1 is 1.37 bits per heavy atom. The molecule has 106 valence electrons. The average molecular weight is 261 g/mol. The highest BCUT2D eigenvalue weighted by Gasteiger charge is 2.24. The number of piperidine rings is 1. The van der Waals surface area contributed by atoms with Gasteiger partial charge in [-0.25, -0.2) is 0 Å². The van der Waals surface area contributed by atoms with Gasteiger partial charge < -0.3 is 10.2 Å². The first kappa shape index (κ1) is 14.5. The maximum absolute atomic E-state index is 4.08. The van der Waals surface area contributed by atoms with Crippen molar-refractivity contribution in [2.45, 2.75) is 45.7 Å². The second-order valence-electron chi connectivity index (χ2n) is 5.75. The lowest BCUT2D eigenvalue weighted by atomic mass is 9.91. The lowest BCUT2D eigenvalue weighted by Gasteiger charge is -2.36. The zero-order valence-electron chi connectivity index (χ0n) is 12.5. The molecule has 1 aromatic heterocycles. The van der Waals surface area contributed by atoms with Gasteiger partial charge in [0.05, 0.1) is 0 Å². The van der Waals surface area contributed by atoms with Gasteiger partial charge in [0.25, 0.3) is 0 Å². The molecule has 1 N–H and O–H groups in total. The summed E-state index contributed by atoms with van der Waals surface area (Å²) in [7, 11) is 0. The van der Waals surface area contributed by atoms with Crippen molar-refractivity contribution in [1.82, 2.24) is 15.2 Å². The van der Waals surface area contributed by atoms with Crippen LogP contribution in [-0.2, 0) is 0 Å². The van der Waals surface area contributed by atoms with Crippen LogP contribution in [0.5, 0.6) is 0 Å². The zero-order valence-corrected chi connectivity index (χ0v) is 12.5. The van der Waals surface area contributed by atoms with E-state index in [1.54, 1.807) is 0 Å². The Hall–Kier alpha value is -0.930. The molecule has 0 aromatic carbocycles. The van der Waals surface area contributed by atoms with Crippen LogP contribution >= 0.6 is 0 Å². The Balaban J connectivity index is 1.88. The fourth-order valence-electron chi connectivity index (χ4n) is 3.07. The summed E-state index contributed by atoms with van der Waals surface area (Å²) in [6, 6.07) is 5.17. The molecule has 2 unspecified atom stereocenters. The third-order valence-corrected chi connectivity index (χ3v) is 4.42. The SMILES string of the molecule is CCN1CCCC(C(C)N[C@H](C)c2ccncc2)C1. The molecule has 2 heterocycles. The molecule has 3 nitrogen and oxygen atoms in total. The van der Waals surface area contributed by atoms with Crippen LogP contribution in [0.15, 0.2) is 24.5 Å². The molecule has 0 radical (unpaired) electrons. The van der Waals surface area contributed by atoms with Crippen molar-refractivity contribution in [2.75, 3.05) is 19.6 Å². The van der Waals surface area contributed by atoms with Gasteiger partial charge in [-0.3, -0.25) is 4.98 Å². The Labute approximate surface area is 117 Å². The number of rotatable bonds is 5. The summed E-state index contributed by atoms with van der Waals surface area (Å²) in [6.45, 7) is 10.5. The van der Waals surface area contributed by atoms with E-state index in [0.717, 1.165) is 5.92 Å². The highest BCUT2D eigenvalue weighted by atomic mass is 15.1. The van der Waals surface area contributed by atoms with Crippen LogP contribution in [-0.4, -0.2) is 35.6 Å². The summed E-state index contributed by atoms with van der Waals surface area (Å²) in [5, 5.41) is 3.76. The third-order valence-electron chi connectivity index (χ3n) is 4.42. The lowest BCUT2D eigenvalue weighted by Crippen LogP contribution is -2.44. The molecule has 0 bridgehead atoms. The Morgan fingerprint density at radius 2 is 2.11 bits per heavy atom. The van der Waals surface area contributed by atoms with Crippen LogP contribution in [0, 0.1) is 5.92 Å². The highest BCUT2D eigenvalue weighted by Crippen LogP contribution is 2.21. The average Bonchev–Trinajstić information content (AvgIpc) is 2.48. The summed E-state index contributed by atoms with van der Waals surface area (Å²) in [5.41, 5.74) is 1.32. The maximum Gasteiger partial charge on any atom is 0.0295 e.